The van der Waals surface area contributed by atoms with Gasteiger partial charge in [0.2, 0.25) is 0 Å². The molecular weight excluding hydrogens is 246 g/mol. The van der Waals surface area contributed by atoms with E-state index in [9.17, 15) is 0 Å². The van der Waals surface area contributed by atoms with Gasteiger partial charge in [-0.1, -0.05) is 29.8 Å². The van der Waals surface area contributed by atoms with Gasteiger partial charge in [0.25, 0.3) is 0 Å². The van der Waals surface area contributed by atoms with Crippen LogP contribution >= 0.6 is 0 Å². The van der Waals surface area contributed by atoms with E-state index in [1.807, 2.05) is 14.0 Å². The average Bonchev–Trinajstić information content (AvgIpc) is 2.38. The van der Waals surface area contributed by atoms with Gasteiger partial charge in [0.05, 0.1) is 0 Å². The predicted molar refractivity (Wildman–Crippen MR) is 85.0 cm³/mol. The summed E-state index contributed by atoms with van der Waals surface area (Å²) in [7, 11) is 4.05. The molecule has 0 radical (unpaired) electrons. The maximum atomic E-state index is 4.63. The number of aryl methyl sites for hydroxylation is 2. The third-order valence-corrected chi connectivity index (χ3v) is 3.27. The highest BCUT2D eigenvalue weighted by Gasteiger charge is 2.06. The Morgan fingerprint density at radius 2 is 1.90 bits per heavy atom. The van der Waals surface area contributed by atoms with Gasteiger partial charge < -0.3 is 10.2 Å². The Morgan fingerprint density at radius 3 is 2.60 bits per heavy atom. The van der Waals surface area contributed by atoms with Crippen LogP contribution in [0.25, 0.3) is 0 Å². The molecule has 0 aliphatic carbocycles. The lowest BCUT2D eigenvalue weighted by Crippen LogP contribution is -2.19. The third-order valence-electron chi connectivity index (χ3n) is 3.27. The normalized spacial score (nSPS) is 10.6. The first-order chi connectivity index (χ1) is 9.58. The molecule has 0 atom stereocenters. The van der Waals surface area contributed by atoms with Gasteiger partial charge in [0, 0.05) is 25.8 Å². The van der Waals surface area contributed by atoms with Gasteiger partial charge in [-0.15, -0.1) is 0 Å². The molecule has 1 heterocycles. The maximum absolute atomic E-state index is 4.63. The fourth-order valence-corrected chi connectivity index (χ4v) is 2.39. The molecule has 3 heteroatoms. The Bertz CT molecular complexity index is 578. The average molecular weight is 269 g/mol. The number of aromatic nitrogens is 1. The van der Waals surface area contributed by atoms with Crippen LogP contribution in [0.5, 0.6) is 0 Å². The van der Waals surface area contributed by atoms with Crippen molar-refractivity contribution in [2.75, 3.05) is 19.0 Å². The SMILES string of the molecule is CNCc1cc(C)nc(N(C)Cc2cccc(C)c2)c1. The lowest BCUT2D eigenvalue weighted by molar-refractivity contribution is 0.808. The summed E-state index contributed by atoms with van der Waals surface area (Å²) in [5, 5.41) is 3.19. The molecule has 1 aromatic heterocycles. The Balaban J connectivity index is 2.18. The van der Waals surface area contributed by atoms with E-state index in [0.717, 1.165) is 24.6 Å². The number of benzene rings is 1. The lowest BCUT2D eigenvalue weighted by atomic mass is 10.1. The standard InChI is InChI=1S/C17H23N3/c1-13-6-5-7-15(8-13)12-20(4)17-10-16(11-18-3)9-14(2)19-17/h5-10,18H,11-12H2,1-4H3. The van der Waals surface area contributed by atoms with Crippen molar-refractivity contribution in [1.29, 1.82) is 0 Å². The zero-order valence-corrected chi connectivity index (χ0v) is 12.8. The fraction of sp³-hybridized carbons (Fsp3) is 0.353. The van der Waals surface area contributed by atoms with E-state index in [2.05, 4.69) is 65.6 Å². The van der Waals surface area contributed by atoms with Crippen LogP contribution in [0.15, 0.2) is 36.4 Å². The first-order valence-electron chi connectivity index (χ1n) is 6.97. The molecule has 0 amide bonds. The third kappa shape index (κ3) is 3.81. The van der Waals surface area contributed by atoms with Crippen molar-refractivity contribution in [2.24, 2.45) is 0 Å². The highest BCUT2D eigenvalue weighted by Crippen LogP contribution is 2.16. The molecule has 2 rings (SSSR count). The van der Waals surface area contributed by atoms with Crippen LogP contribution in [-0.4, -0.2) is 19.1 Å². The van der Waals surface area contributed by atoms with Gasteiger partial charge in [0.15, 0.2) is 0 Å². The predicted octanol–water partition coefficient (Wildman–Crippen LogP) is 3.05. The highest BCUT2D eigenvalue weighted by atomic mass is 15.2. The summed E-state index contributed by atoms with van der Waals surface area (Å²) in [6, 6.07) is 12.9. The zero-order chi connectivity index (χ0) is 14.5. The molecule has 1 N–H and O–H groups in total. The van der Waals surface area contributed by atoms with Crippen LogP contribution in [0, 0.1) is 13.8 Å². The van der Waals surface area contributed by atoms with Crippen molar-refractivity contribution in [3.63, 3.8) is 0 Å². The molecule has 0 bridgehead atoms. The Hall–Kier alpha value is -1.87. The molecule has 0 fully saturated rings. The summed E-state index contributed by atoms with van der Waals surface area (Å²) in [4.78, 5) is 6.83. The van der Waals surface area contributed by atoms with Crippen molar-refractivity contribution < 1.29 is 0 Å². The molecule has 0 spiro atoms. The molecule has 106 valence electrons. The van der Waals surface area contributed by atoms with Gasteiger partial charge in [-0.25, -0.2) is 4.98 Å². The Kier molecular flexibility index (Phi) is 4.74. The molecule has 0 aliphatic rings. The second kappa shape index (κ2) is 6.53. The van der Waals surface area contributed by atoms with Crippen molar-refractivity contribution in [3.8, 4) is 0 Å². The molecule has 0 saturated carbocycles. The first-order valence-corrected chi connectivity index (χ1v) is 6.97. The van der Waals surface area contributed by atoms with Crippen molar-refractivity contribution in [1.82, 2.24) is 10.3 Å². The van der Waals surface area contributed by atoms with E-state index in [0.29, 0.717) is 0 Å². The van der Waals surface area contributed by atoms with Crippen LogP contribution in [0.1, 0.15) is 22.4 Å². The molecule has 0 unspecified atom stereocenters. The number of pyridine rings is 1. The molecule has 20 heavy (non-hydrogen) atoms. The maximum Gasteiger partial charge on any atom is 0.129 e. The van der Waals surface area contributed by atoms with Crippen molar-refractivity contribution in [2.45, 2.75) is 26.9 Å². The summed E-state index contributed by atoms with van der Waals surface area (Å²) in [6.07, 6.45) is 0. The van der Waals surface area contributed by atoms with Crippen LogP contribution in [0.2, 0.25) is 0 Å². The Labute approximate surface area is 121 Å². The molecular formula is C17H23N3. The molecule has 1 aromatic carbocycles. The number of anilines is 1. The Morgan fingerprint density at radius 1 is 1.10 bits per heavy atom. The lowest BCUT2D eigenvalue weighted by Gasteiger charge is -2.20. The second-order valence-corrected chi connectivity index (χ2v) is 5.35. The summed E-state index contributed by atoms with van der Waals surface area (Å²) in [6.45, 7) is 5.91. The van der Waals surface area contributed by atoms with Gasteiger partial charge in [-0.05, 0) is 44.2 Å². The van der Waals surface area contributed by atoms with Gasteiger partial charge in [-0.2, -0.15) is 0 Å². The second-order valence-electron chi connectivity index (χ2n) is 5.35. The molecule has 0 aliphatic heterocycles. The summed E-state index contributed by atoms with van der Waals surface area (Å²) < 4.78 is 0. The minimum atomic E-state index is 0.870. The van der Waals surface area contributed by atoms with E-state index in [-0.39, 0.29) is 0 Å². The number of rotatable bonds is 5. The van der Waals surface area contributed by atoms with E-state index in [1.54, 1.807) is 0 Å². The summed E-state index contributed by atoms with van der Waals surface area (Å²) in [5.41, 5.74) is 4.94. The quantitative estimate of drug-likeness (QED) is 0.904. The summed E-state index contributed by atoms with van der Waals surface area (Å²) in [5.74, 6) is 1.02. The van der Waals surface area contributed by atoms with Crippen molar-refractivity contribution >= 4 is 5.82 Å². The largest absolute Gasteiger partial charge is 0.355 e. The van der Waals surface area contributed by atoms with Crippen molar-refractivity contribution in [3.05, 3.63) is 58.8 Å². The van der Waals surface area contributed by atoms with Gasteiger partial charge >= 0.3 is 0 Å². The monoisotopic (exact) mass is 269 g/mol. The van der Waals surface area contributed by atoms with E-state index >= 15 is 0 Å². The van der Waals surface area contributed by atoms with Gasteiger partial charge in [-0.3, -0.25) is 0 Å². The highest BCUT2D eigenvalue weighted by molar-refractivity contribution is 5.43. The number of nitrogens with zero attached hydrogens (tertiary/aromatic N) is 2. The number of hydrogen-bond acceptors (Lipinski definition) is 3. The molecule has 0 saturated heterocycles. The van der Waals surface area contributed by atoms with E-state index in [4.69, 9.17) is 0 Å². The molecule has 3 nitrogen and oxygen atoms in total. The zero-order valence-electron chi connectivity index (χ0n) is 12.8. The number of nitrogens with one attached hydrogen (secondary N) is 1. The smallest absolute Gasteiger partial charge is 0.129 e. The van der Waals surface area contributed by atoms with Crippen LogP contribution in [0.3, 0.4) is 0 Å². The molecule has 2 aromatic rings. The van der Waals surface area contributed by atoms with E-state index in [1.165, 1.54) is 16.7 Å². The van der Waals surface area contributed by atoms with E-state index < -0.39 is 0 Å². The van der Waals surface area contributed by atoms with Crippen LogP contribution in [-0.2, 0) is 13.1 Å². The van der Waals surface area contributed by atoms with Gasteiger partial charge in [0.1, 0.15) is 5.82 Å². The van der Waals surface area contributed by atoms with Crippen LogP contribution in [0.4, 0.5) is 5.82 Å². The summed E-state index contributed by atoms with van der Waals surface area (Å²) >= 11 is 0. The minimum absolute atomic E-state index is 0.870. The number of hydrogen-bond donors (Lipinski definition) is 1. The topological polar surface area (TPSA) is 28.2 Å². The minimum Gasteiger partial charge on any atom is -0.355 e. The van der Waals surface area contributed by atoms with Crippen LogP contribution < -0.4 is 10.2 Å². The fourth-order valence-electron chi connectivity index (χ4n) is 2.39. The first kappa shape index (κ1) is 14.5.